The second-order valence-corrected chi connectivity index (χ2v) is 7.55. The van der Waals surface area contributed by atoms with E-state index in [9.17, 15) is 18.0 Å². The summed E-state index contributed by atoms with van der Waals surface area (Å²) < 4.78 is 24.4. The third-order valence-corrected chi connectivity index (χ3v) is 5.29. The van der Waals surface area contributed by atoms with Gasteiger partial charge < -0.3 is 15.7 Å². The zero-order valence-corrected chi connectivity index (χ0v) is 14.6. The van der Waals surface area contributed by atoms with Gasteiger partial charge in [-0.3, -0.25) is 0 Å². The van der Waals surface area contributed by atoms with E-state index in [0.29, 0.717) is 19.5 Å². The maximum absolute atomic E-state index is 11.6. The van der Waals surface area contributed by atoms with Crippen molar-refractivity contribution in [2.75, 3.05) is 25.9 Å². The molecule has 8 nitrogen and oxygen atoms in total. The van der Waals surface area contributed by atoms with Gasteiger partial charge >= 0.3 is 12.0 Å². The molecular formula is C15H23N3O5S. The molecule has 0 aliphatic heterocycles. The minimum absolute atomic E-state index is 0.0537. The zero-order chi connectivity index (χ0) is 18.2. The quantitative estimate of drug-likeness (QED) is 0.567. The molecule has 1 aromatic rings. The lowest BCUT2D eigenvalue weighted by Crippen LogP contribution is -2.37. The fourth-order valence-electron chi connectivity index (χ4n) is 1.87. The molecule has 9 heteroatoms. The third kappa shape index (κ3) is 6.55. The van der Waals surface area contributed by atoms with Crippen LogP contribution in [0.2, 0.25) is 0 Å². The molecule has 0 aliphatic rings. The predicted molar refractivity (Wildman–Crippen MR) is 90.3 cm³/mol. The van der Waals surface area contributed by atoms with Gasteiger partial charge in [0.15, 0.2) is 0 Å². The second kappa shape index (κ2) is 9.24. The Morgan fingerprint density at radius 2 is 1.79 bits per heavy atom. The van der Waals surface area contributed by atoms with Crippen molar-refractivity contribution < 1.29 is 23.1 Å². The Hall–Kier alpha value is -2.13. The molecule has 0 aliphatic carbocycles. The number of carbonyl (C=O) groups excluding carboxylic acids is 1. The van der Waals surface area contributed by atoms with Crippen LogP contribution in [-0.2, 0) is 16.6 Å². The van der Waals surface area contributed by atoms with Crippen molar-refractivity contribution >= 4 is 22.0 Å². The average Bonchev–Trinajstić information content (AvgIpc) is 2.56. The lowest BCUT2D eigenvalue weighted by atomic mass is 10.1. The molecule has 0 heterocycles. The molecule has 1 rings (SSSR count). The van der Waals surface area contributed by atoms with Crippen LogP contribution in [0.5, 0.6) is 0 Å². The monoisotopic (exact) mass is 357 g/mol. The Kier molecular flexibility index (Phi) is 7.66. The van der Waals surface area contributed by atoms with E-state index >= 15 is 0 Å². The number of nitrogens with zero attached hydrogens (tertiary/aromatic N) is 1. The highest BCUT2D eigenvalue weighted by Gasteiger charge is 2.14. The summed E-state index contributed by atoms with van der Waals surface area (Å²) in [5.41, 5.74) is 0.971. The van der Waals surface area contributed by atoms with Gasteiger partial charge in [0.05, 0.1) is 11.3 Å². The maximum Gasteiger partial charge on any atom is 0.335 e. The van der Waals surface area contributed by atoms with Crippen molar-refractivity contribution in [1.29, 1.82) is 0 Å². The van der Waals surface area contributed by atoms with Gasteiger partial charge in [-0.15, -0.1) is 0 Å². The van der Waals surface area contributed by atoms with E-state index in [1.54, 1.807) is 19.1 Å². The molecule has 3 N–H and O–H groups in total. The Morgan fingerprint density at radius 3 is 2.33 bits per heavy atom. The highest BCUT2D eigenvalue weighted by atomic mass is 32.2. The molecule has 0 aromatic heterocycles. The van der Waals surface area contributed by atoms with Crippen LogP contribution in [0.1, 0.15) is 29.3 Å². The van der Waals surface area contributed by atoms with E-state index in [0.717, 1.165) is 5.56 Å². The van der Waals surface area contributed by atoms with Crippen LogP contribution in [0, 0.1) is 0 Å². The number of nitrogens with one attached hydrogen (secondary N) is 2. The standard InChI is InChI=1S/C15H23N3O5S/c1-3-24(22,23)18(2)10-4-9-16-15(21)17-11-12-5-7-13(8-6-12)14(19)20/h5-8H,3-4,9-11H2,1-2H3,(H,19,20)(H2,16,17,21). The number of sulfonamides is 1. The molecule has 0 bridgehead atoms. The van der Waals surface area contributed by atoms with Gasteiger partial charge in [-0.2, -0.15) is 0 Å². The summed E-state index contributed by atoms with van der Waals surface area (Å²) in [6.07, 6.45) is 0.510. The number of rotatable bonds is 9. The van der Waals surface area contributed by atoms with Crippen molar-refractivity contribution in [1.82, 2.24) is 14.9 Å². The van der Waals surface area contributed by atoms with Gasteiger partial charge in [0, 0.05) is 26.7 Å². The molecular weight excluding hydrogens is 334 g/mol. The number of carboxylic acid groups (broad SMARTS) is 1. The van der Waals surface area contributed by atoms with E-state index in [1.165, 1.54) is 23.5 Å². The Bertz CT molecular complexity index is 658. The van der Waals surface area contributed by atoms with Crippen LogP contribution < -0.4 is 10.6 Å². The Balaban J connectivity index is 2.26. The number of amides is 2. The molecule has 134 valence electrons. The van der Waals surface area contributed by atoms with Gasteiger partial charge in [0.2, 0.25) is 10.0 Å². The van der Waals surface area contributed by atoms with Gasteiger partial charge in [0.1, 0.15) is 0 Å². The molecule has 24 heavy (non-hydrogen) atoms. The van der Waals surface area contributed by atoms with Crippen LogP contribution in [0.25, 0.3) is 0 Å². The van der Waals surface area contributed by atoms with Crippen molar-refractivity contribution in [3.63, 3.8) is 0 Å². The normalized spacial score (nSPS) is 11.3. The molecule has 0 atom stereocenters. The lowest BCUT2D eigenvalue weighted by molar-refractivity contribution is 0.0697. The molecule has 2 amide bonds. The molecule has 0 saturated heterocycles. The summed E-state index contributed by atoms with van der Waals surface area (Å²) in [7, 11) is -1.68. The fourth-order valence-corrected chi connectivity index (χ4v) is 2.72. The van der Waals surface area contributed by atoms with Crippen LogP contribution in [0.4, 0.5) is 4.79 Å². The fraction of sp³-hybridized carbons (Fsp3) is 0.467. The van der Waals surface area contributed by atoms with Crippen molar-refractivity contribution in [2.24, 2.45) is 0 Å². The first-order valence-electron chi connectivity index (χ1n) is 7.54. The molecule has 0 unspecified atom stereocenters. The highest BCUT2D eigenvalue weighted by Crippen LogP contribution is 2.04. The van der Waals surface area contributed by atoms with Crippen LogP contribution in [0.3, 0.4) is 0 Å². The van der Waals surface area contributed by atoms with Gasteiger partial charge in [-0.05, 0) is 31.0 Å². The number of hydrogen-bond donors (Lipinski definition) is 3. The SMILES string of the molecule is CCS(=O)(=O)N(C)CCCNC(=O)NCc1ccc(C(=O)O)cc1. The third-order valence-electron chi connectivity index (χ3n) is 3.43. The van der Waals surface area contributed by atoms with Crippen molar-refractivity contribution in [3.8, 4) is 0 Å². The molecule has 0 saturated carbocycles. The number of aromatic carboxylic acids is 1. The largest absolute Gasteiger partial charge is 0.478 e. The first-order chi connectivity index (χ1) is 11.3. The highest BCUT2D eigenvalue weighted by molar-refractivity contribution is 7.89. The van der Waals surface area contributed by atoms with Gasteiger partial charge in [-0.1, -0.05) is 12.1 Å². The lowest BCUT2D eigenvalue weighted by Gasteiger charge is -2.15. The molecule has 0 spiro atoms. The topological polar surface area (TPSA) is 116 Å². The summed E-state index contributed by atoms with van der Waals surface area (Å²) >= 11 is 0. The van der Waals surface area contributed by atoms with E-state index in [2.05, 4.69) is 10.6 Å². The van der Waals surface area contributed by atoms with Crippen LogP contribution >= 0.6 is 0 Å². The van der Waals surface area contributed by atoms with Crippen molar-refractivity contribution in [3.05, 3.63) is 35.4 Å². The minimum Gasteiger partial charge on any atom is -0.478 e. The summed E-state index contributed by atoms with van der Waals surface area (Å²) in [6.45, 7) is 2.55. The Labute approximate surface area is 141 Å². The summed E-state index contributed by atoms with van der Waals surface area (Å²) in [6, 6.07) is 5.85. The smallest absolute Gasteiger partial charge is 0.335 e. The van der Waals surface area contributed by atoms with E-state index in [-0.39, 0.29) is 23.9 Å². The maximum atomic E-state index is 11.6. The first-order valence-corrected chi connectivity index (χ1v) is 9.15. The number of carbonyl (C=O) groups is 2. The van der Waals surface area contributed by atoms with Crippen LogP contribution in [-0.4, -0.2) is 55.7 Å². The molecule has 1 aromatic carbocycles. The average molecular weight is 357 g/mol. The van der Waals surface area contributed by atoms with E-state index in [1.807, 2.05) is 0 Å². The summed E-state index contributed by atoms with van der Waals surface area (Å²) in [5.74, 6) is -0.944. The van der Waals surface area contributed by atoms with Gasteiger partial charge in [0.25, 0.3) is 0 Å². The number of carboxylic acids is 1. The summed E-state index contributed by atoms with van der Waals surface area (Å²) in [5, 5.41) is 14.1. The molecule has 0 radical (unpaired) electrons. The summed E-state index contributed by atoms with van der Waals surface area (Å²) in [4.78, 5) is 22.4. The number of benzene rings is 1. The minimum atomic E-state index is -3.19. The van der Waals surface area contributed by atoms with Gasteiger partial charge in [-0.25, -0.2) is 22.3 Å². The predicted octanol–water partition coefficient (Wildman–Crippen LogP) is 0.856. The first kappa shape index (κ1) is 19.9. The number of hydrogen-bond acceptors (Lipinski definition) is 4. The Morgan fingerprint density at radius 1 is 1.17 bits per heavy atom. The second-order valence-electron chi connectivity index (χ2n) is 5.19. The van der Waals surface area contributed by atoms with Crippen LogP contribution in [0.15, 0.2) is 24.3 Å². The van der Waals surface area contributed by atoms with E-state index < -0.39 is 16.0 Å². The molecule has 0 fully saturated rings. The zero-order valence-electron chi connectivity index (χ0n) is 13.8. The number of urea groups is 1. The van der Waals surface area contributed by atoms with Crippen molar-refractivity contribution in [2.45, 2.75) is 19.9 Å². The van der Waals surface area contributed by atoms with E-state index in [4.69, 9.17) is 5.11 Å².